The Morgan fingerprint density at radius 1 is 0.500 bits per heavy atom. The number of aromatic hydroxyl groups is 2. The topological polar surface area (TPSA) is 43.7 Å². The normalized spacial score (nSPS) is 13.5. The molecule has 3 heteroatoms. The molecule has 2 N–H and O–H groups in total. The maximum absolute atomic E-state index is 11.0. The van der Waals surface area contributed by atoms with Crippen LogP contribution in [0.15, 0.2) is 24.3 Å². The summed E-state index contributed by atoms with van der Waals surface area (Å²) in [7, 11) is 2.19. The summed E-state index contributed by atoms with van der Waals surface area (Å²) in [5.74, 6) is 0.896. The van der Waals surface area contributed by atoms with Gasteiger partial charge in [0.25, 0.3) is 0 Å². The highest BCUT2D eigenvalue weighted by molar-refractivity contribution is 5.51. The fourth-order valence-electron chi connectivity index (χ4n) is 4.72. The number of nitrogens with zero attached hydrogens (tertiary/aromatic N) is 1. The zero-order valence-electron chi connectivity index (χ0n) is 25.5. The number of hydrogen-bond acceptors (Lipinski definition) is 3. The number of phenols is 2. The Morgan fingerprint density at radius 2 is 0.722 bits per heavy atom. The van der Waals surface area contributed by atoms with Gasteiger partial charge in [-0.3, -0.25) is 0 Å². The Morgan fingerprint density at radius 3 is 0.917 bits per heavy atom. The Bertz CT molecular complexity index is 898. The molecule has 0 saturated heterocycles. The summed E-state index contributed by atoms with van der Waals surface area (Å²) >= 11 is 0. The van der Waals surface area contributed by atoms with Crippen LogP contribution in [0, 0.1) is 0 Å². The first kappa shape index (κ1) is 30.2. The van der Waals surface area contributed by atoms with Crippen LogP contribution >= 0.6 is 0 Å². The summed E-state index contributed by atoms with van der Waals surface area (Å²) in [6.07, 6.45) is 1.89. The van der Waals surface area contributed by atoms with E-state index >= 15 is 0 Å². The van der Waals surface area contributed by atoms with Gasteiger partial charge in [0.15, 0.2) is 0 Å². The molecular weight excluding hydrogens is 442 g/mol. The molecule has 0 aliphatic heterocycles. The summed E-state index contributed by atoms with van der Waals surface area (Å²) < 4.78 is 0. The van der Waals surface area contributed by atoms with Gasteiger partial charge in [0, 0.05) is 13.1 Å². The maximum Gasteiger partial charge on any atom is 0.123 e. The predicted molar refractivity (Wildman–Crippen MR) is 156 cm³/mol. The van der Waals surface area contributed by atoms with Crippen LogP contribution in [0.1, 0.15) is 116 Å². The largest absolute Gasteiger partial charge is 0.507 e. The first-order valence-electron chi connectivity index (χ1n) is 13.5. The van der Waals surface area contributed by atoms with E-state index in [0.29, 0.717) is 11.5 Å². The third-order valence-electron chi connectivity index (χ3n) is 7.14. The number of rotatable bonds is 6. The van der Waals surface area contributed by atoms with E-state index in [4.69, 9.17) is 0 Å². The van der Waals surface area contributed by atoms with Gasteiger partial charge in [-0.1, -0.05) is 107 Å². The first-order chi connectivity index (χ1) is 16.1. The molecule has 2 aromatic rings. The van der Waals surface area contributed by atoms with Crippen LogP contribution in [0.2, 0.25) is 0 Å². The summed E-state index contributed by atoms with van der Waals surface area (Å²) in [5.41, 5.74) is 6.24. The fourth-order valence-corrected chi connectivity index (χ4v) is 4.72. The molecule has 36 heavy (non-hydrogen) atoms. The van der Waals surface area contributed by atoms with Gasteiger partial charge in [-0.2, -0.15) is 0 Å². The highest BCUT2D eigenvalue weighted by Gasteiger charge is 2.28. The summed E-state index contributed by atoms with van der Waals surface area (Å²) in [5, 5.41) is 22.0. The third kappa shape index (κ3) is 7.51. The van der Waals surface area contributed by atoms with Crippen molar-refractivity contribution in [2.45, 2.75) is 118 Å². The standard InChI is InChI=1S/C33H53NO2/c1-30(2,3)24-18-22(19-25(28(24)35)31(4,5)6)14-16-34(13)17-15-23-20-26(32(7,8)9)29(36)27(21-23)33(10,11)12/h18-21,35-36H,14-17H2,1-13H3. The SMILES string of the molecule is CN(CCc1cc(C(C)(C)C)c(O)c(C(C)(C)C)c1)CCc1cc(C(C)(C)C)c(O)c(C(C)(C)C)c1. The molecule has 2 aromatic carbocycles. The minimum Gasteiger partial charge on any atom is -0.507 e. The van der Waals surface area contributed by atoms with E-state index in [1.165, 1.54) is 11.1 Å². The lowest BCUT2D eigenvalue weighted by Gasteiger charge is -2.29. The van der Waals surface area contributed by atoms with Gasteiger partial charge >= 0.3 is 0 Å². The van der Waals surface area contributed by atoms with Gasteiger partial charge in [-0.05, 0) is 74.9 Å². The van der Waals surface area contributed by atoms with Gasteiger partial charge in [0.05, 0.1) is 0 Å². The van der Waals surface area contributed by atoms with Crippen molar-refractivity contribution in [3.05, 3.63) is 57.6 Å². The Hall–Kier alpha value is -2.00. The Balaban J connectivity index is 2.23. The number of likely N-dealkylation sites (N-methyl/N-ethyl adjacent to an activating group) is 1. The molecule has 2 rings (SSSR count). The molecule has 0 radical (unpaired) electrons. The molecule has 0 spiro atoms. The Labute approximate surface area is 222 Å². The van der Waals surface area contributed by atoms with Gasteiger partial charge in [-0.25, -0.2) is 0 Å². The second kappa shape index (κ2) is 10.4. The summed E-state index contributed by atoms with van der Waals surface area (Å²) in [6, 6.07) is 8.79. The number of hydrogen-bond donors (Lipinski definition) is 2. The maximum atomic E-state index is 11.0. The van der Waals surface area contributed by atoms with E-state index in [2.05, 4.69) is 119 Å². The van der Waals surface area contributed by atoms with E-state index < -0.39 is 0 Å². The highest BCUT2D eigenvalue weighted by atomic mass is 16.3. The molecular formula is C33H53NO2. The average molecular weight is 496 g/mol. The summed E-state index contributed by atoms with van der Waals surface area (Å²) in [6.45, 7) is 27.9. The van der Waals surface area contributed by atoms with Gasteiger partial charge < -0.3 is 15.1 Å². The second-order valence-corrected chi connectivity index (χ2v) is 14.9. The molecule has 3 nitrogen and oxygen atoms in total. The lowest BCUT2D eigenvalue weighted by molar-refractivity contribution is 0.342. The molecule has 0 saturated carbocycles. The molecule has 0 aliphatic carbocycles. The molecule has 0 aromatic heterocycles. The van der Waals surface area contributed by atoms with E-state index in [0.717, 1.165) is 48.2 Å². The van der Waals surface area contributed by atoms with Crippen LogP contribution in [0.5, 0.6) is 11.5 Å². The zero-order valence-corrected chi connectivity index (χ0v) is 25.5. The minimum atomic E-state index is -0.111. The average Bonchev–Trinajstić information content (AvgIpc) is 2.68. The van der Waals surface area contributed by atoms with Crippen LogP contribution in [-0.4, -0.2) is 35.3 Å². The molecule has 0 atom stereocenters. The van der Waals surface area contributed by atoms with Crippen molar-refractivity contribution < 1.29 is 10.2 Å². The van der Waals surface area contributed by atoms with Gasteiger partial charge in [0.2, 0.25) is 0 Å². The lowest BCUT2D eigenvalue weighted by atomic mass is 9.78. The van der Waals surface area contributed by atoms with E-state index in [-0.39, 0.29) is 21.7 Å². The van der Waals surface area contributed by atoms with Crippen molar-refractivity contribution in [1.82, 2.24) is 4.90 Å². The molecule has 0 amide bonds. The molecule has 0 heterocycles. The molecule has 0 bridgehead atoms. The van der Waals surface area contributed by atoms with Crippen LogP contribution in [0.3, 0.4) is 0 Å². The quantitative estimate of drug-likeness (QED) is 0.426. The second-order valence-electron chi connectivity index (χ2n) is 14.9. The predicted octanol–water partition coefficient (Wildman–Crippen LogP) is 8.00. The van der Waals surface area contributed by atoms with Crippen molar-refractivity contribution in [3.63, 3.8) is 0 Å². The van der Waals surface area contributed by atoms with Gasteiger partial charge in [0.1, 0.15) is 11.5 Å². The highest BCUT2D eigenvalue weighted by Crippen LogP contribution is 2.41. The van der Waals surface area contributed by atoms with Crippen LogP contribution in [0.25, 0.3) is 0 Å². The third-order valence-corrected chi connectivity index (χ3v) is 7.14. The van der Waals surface area contributed by atoms with E-state index in [1.807, 2.05) is 0 Å². The van der Waals surface area contributed by atoms with Crippen LogP contribution in [-0.2, 0) is 34.5 Å². The monoisotopic (exact) mass is 495 g/mol. The molecule has 0 aliphatic rings. The van der Waals surface area contributed by atoms with Crippen molar-refractivity contribution in [2.75, 3.05) is 20.1 Å². The minimum absolute atomic E-state index is 0.111. The van der Waals surface area contributed by atoms with Crippen molar-refractivity contribution in [2.24, 2.45) is 0 Å². The number of benzene rings is 2. The first-order valence-corrected chi connectivity index (χ1v) is 13.5. The number of phenolic OH excluding ortho intramolecular Hbond substituents is 2. The Kier molecular flexibility index (Phi) is 8.73. The summed E-state index contributed by atoms with van der Waals surface area (Å²) in [4.78, 5) is 2.39. The van der Waals surface area contributed by atoms with Crippen molar-refractivity contribution in [1.29, 1.82) is 0 Å². The smallest absolute Gasteiger partial charge is 0.123 e. The van der Waals surface area contributed by atoms with Crippen LogP contribution in [0.4, 0.5) is 0 Å². The lowest BCUT2D eigenvalue weighted by Crippen LogP contribution is -2.25. The molecule has 0 unspecified atom stereocenters. The van der Waals surface area contributed by atoms with Crippen LogP contribution < -0.4 is 0 Å². The van der Waals surface area contributed by atoms with Crippen molar-refractivity contribution in [3.8, 4) is 11.5 Å². The fraction of sp³-hybridized carbons (Fsp3) is 0.636. The van der Waals surface area contributed by atoms with E-state index in [1.54, 1.807) is 0 Å². The van der Waals surface area contributed by atoms with E-state index in [9.17, 15) is 10.2 Å². The zero-order chi connectivity index (χ0) is 27.9. The molecule has 202 valence electrons. The van der Waals surface area contributed by atoms with Gasteiger partial charge in [-0.15, -0.1) is 0 Å². The van der Waals surface area contributed by atoms with Crippen molar-refractivity contribution >= 4 is 0 Å². The molecule has 0 fully saturated rings.